The molecule has 1 unspecified atom stereocenters. The van der Waals surface area contributed by atoms with Gasteiger partial charge >= 0.3 is 0 Å². The molecular weight excluding hydrogens is 495 g/mol. The van der Waals surface area contributed by atoms with E-state index in [2.05, 4.69) is 25.5 Å². The third kappa shape index (κ3) is 6.26. The molecule has 0 bridgehead atoms. The first-order valence-corrected chi connectivity index (χ1v) is 10.00. The summed E-state index contributed by atoms with van der Waals surface area (Å²) in [5, 5.41) is 7.63. The largest absolute Gasteiger partial charge is 0.371 e. The summed E-state index contributed by atoms with van der Waals surface area (Å²) in [6, 6.07) is 4.09. The van der Waals surface area contributed by atoms with Crippen LogP contribution in [0.25, 0.3) is 0 Å². The molecule has 1 aliphatic heterocycles. The van der Waals surface area contributed by atoms with E-state index in [0.29, 0.717) is 12.5 Å². The number of hydrogen-bond donors (Lipinski definition) is 2. The van der Waals surface area contributed by atoms with Crippen molar-refractivity contribution in [2.45, 2.75) is 26.8 Å². The molecular formula is C19H26F2IN5S. The van der Waals surface area contributed by atoms with Gasteiger partial charge in [0.05, 0.1) is 6.54 Å². The van der Waals surface area contributed by atoms with Gasteiger partial charge in [-0.3, -0.25) is 0 Å². The first kappa shape index (κ1) is 22.8. The second-order valence-electron chi connectivity index (χ2n) is 6.64. The molecule has 1 aromatic heterocycles. The summed E-state index contributed by atoms with van der Waals surface area (Å²) in [6.07, 6.45) is 2.86. The van der Waals surface area contributed by atoms with Crippen molar-refractivity contribution in [1.82, 2.24) is 15.6 Å². The molecule has 28 heavy (non-hydrogen) atoms. The fraction of sp³-hybridized carbons (Fsp3) is 0.474. The zero-order chi connectivity index (χ0) is 19.2. The van der Waals surface area contributed by atoms with Crippen molar-refractivity contribution in [3.63, 3.8) is 0 Å². The topological polar surface area (TPSA) is 52.6 Å². The minimum Gasteiger partial charge on any atom is -0.371 e. The molecule has 0 saturated carbocycles. The lowest BCUT2D eigenvalue weighted by molar-refractivity contribution is 0.508. The summed E-state index contributed by atoms with van der Waals surface area (Å²) in [4.78, 5) is 12.2. The summed E-state index contributed by atoms with van der Waals surface area (Å²) in [5.74, 6) is -0.410. The Morgan fingerprint density at radius 2 is 2.14 bits per heavy atom. The predicted octanol–water partition coefficient (Wildman–Crippen LogP) is 3.93. The van der Waals surface area contributed by atoms with Crippen LogP contribution < -0.4 is 15.5 Å². The first-order chi connectivity index (χ1) is 13.0. The molecule has 0 radical (unpaired) electrons. The molecule has 1 fully saturated rings. The van der Waals surface area contributed by atoms with Gasteiger partial charge in [-0.05, 0) is 38.3 Å². The standard InChI is InChI=1S/C19H25F2N5S.HI/c1-3-22-19(25-11-18-23-9-13(2)27-18)24-10-14-6-7-26(12-14)15-4-5-16(20)17(21)8-15;/h4-5,8-9,14H,3,6-7,10-12H2,1-2H3,(H2,22,24,25);1H. The summed E-state index contributed by atoms with van der Waals surface area (Å²) in [6.45, 7) is 7.84. The molecule has 154 valence electrons. The van der Waals surface area contributed by atoms with Crippen molar-refractivity contribution in [1.29, 1.82) is 0 Å². The highest BCUT2D eigenvalue weighted by atomic mass is 127. The van der Waals surface area contributed by atoms with E-state index < -0.39 is 11.6 Å². The van der Waals surface area contributed by atoms with E-state index in [1.165, 1.54) is 17.0 Å². The third-order valence-electron chi connectivity index (χ3n) is 4.50. The van der Waals surface area contributed by atoms with E-state index in [4.69, 9.17) is 0 Å². The summed E-state index contributed by atoms with van der Waals surface area (Å²) in [5.41, 5.74) is 0.733. The van der Waals surface area contributed by atoms with Crippen LogP contribution in [0.3, 0.4) is 0 Å². The van der Waals surface area contributed by atoms with Crippen molar-refractivity contribution < 1.29 is 8.78 Å². The van der Waals surface area contributed by atoms with Gasteiger partial charge in [-0.1, -0.05) is 0 Å². The van der Waals surface area contributed by atoms with Crippen LogP contribution in [0.1, 0.15) is 23.2 Å². The van der Waals surface area contributed by atoms with Gasteiger partial charge in [0.2, 0.25) is 0 Å². The van der Waals surface area contributed by atoms with Crippen molar-refractivity contribution in [3.8, 4) is 0 Å². The molecule has 2 aromatic rings. The van der Waals surface area contributed by atoms with Crippen molar-refractivity contribution in [2.24, 2.45) is 10.9 Å². The minimum absolute atomic E-state index is 0. The molecule has 1 aromatic carbocycles. The van der Waals surface area contributed by atoms with Gasteiger partial charge in [0.15, 0.2) is 17.6 Å². The minimum atomic E-state index is -0.807. The predicted molar refractivity (Wildman–Crippen MR) is 122 cm³/mol. The molecule has 0 aliphatic carbocycles. The zero-order valence-corrected chi connectivity index (χ0v) is 19.2. The van der Waals surface area contributed by atoms with Gasteiger partial charge in [-0.25, -0.2) is 18.8 Å². The number of benzene rings is 1. The van der Waals surface area contributed by atoms with E-state index in [1.807, 2.05) is 20.0 Å². The van der Waals surface area contributed by atoms with Crippen LogP contribution in [0.15, 0.2) is 29.4 Å². The van der Waals surface area contributed by atoms with Gasteiger partial charge in [0.1, 0.15) is 5.01 Å². The third-order valence-corrected chi connectivity index (χ3v) is 5.40. The van der Waals surface area contributed by atoms with Crippen LogP contribution in [-0.4, -0.2) is 37.1 Å². The number of guanidine groups is 1. The quantitative estimate of drug-likeness (QED) is 0.344. The second-order valence-corrected chi connectivity index (χ2v) is 7.96. The normalized spacial score (nSPS) is 16.8. The fourth-order valence-corrected chi connectivity index (χ4v) is 3.83. The van der Waals surface area contributed by atoms with Crippen LogP contribution in [0, 0.1) is 24.5 Å². The number of nitrogens with one attached hydrogen (secondary N) is 2. The van der Waals surface area contributed by atoms with Gasteiger partial charge in [0.25, 0.3) is 0 Å². The van der Waals surface area contributed by atoms with Crippen LogP contribution in [-0.2, 0) is 6.54 Å². The maximum absolute atomic E-state index is 13.5. The van der Waals surface area contributed by atoms with E-state index in [9.17, 15) is 8.78 Å². The molecule has 2 heterocycles. The lowest BCUT2D eigenvalue weighted by atomic mass is 10.1. The highest BCUT2D eigenvalue weighted by molar-refractivity contribution is 14.0. The number of anilines is 1. The van der Waals surface area contributed by atoms with Crippen LogP contribution in [0.2, 0.25) is 0 Å². The number of hydrogen-bond acceptors (Lipinski definition) is 4. The maximum atomic E-state index is 13.5. The van der Waals surface area contributed by atoms with Gasteiger partial charge in [-0.2, -0.15) is 0 Å². The van der Waals surface area contributed by atoms with Gasteiger partial charge < -0.3 is 15.5 Å². The molecule has 2 N–H and O–H groups in total. The SMILES string of the molecule is CCNC(=NCc1ncc(C)s1)NCC1CCN(c2ccc(F)c(F)c2)C1.I. The maximum Gasteiger partial charge on any atom is 0.191 e. The average Bonchev–Trinajstić information content (AvgIpc) is 3.29. The molecule has 1 saturated heterocycles. The van der Waals surface area contributed by atoms with E-state index >= 15 is 0 Å². The Morgan fingerprint density at radius 3 is 2.82 bits per heavy atom. The fourth-order valence-electron chi connectivity index (χ4n) is 3.12. The molecule has 0 amide bonds. The molecule has 5 nitrogen and oxygen atoms in total. The van der Waals surface area contributed by atoms with Crippen molar-refractivity contribution >= 4 is 47.0 Å². The highest BCUT2D eigenvalue weighted by Crippen LogP contribution is 2.25. The monoisotopic (exact) mass is 521 g/mol. The first-order valence-electron chi connectivity index (χ1n) is 9.18. The molecule has 1 aliphatic rings. The lowest BCUT2D eigenvalue weighted by Crippen LogP contribution is -2.40. The molecule has 1 atom stereocenters. The van der Waals surface area contributed by atoms with Gasteiger partial charge in [-0.15, -0.1) is 35.3 Å². The Hall–Kier alpha value is -1.49. The Kier molecular flexibility index (Phi) is 8.87. The number of halogens is 3. The number of nitrogens with zero attached hydrogens (tertiary/aromatic N) is 3. The average molecular weight is 521 g/mol. The number of aliphatic imine (C=N–C) groups is 1. The number of thiazole rings is 1. The van der Waals surface area contributed by atoms with E-state index in [1.54, 1.807) is 17.4 Å². The number of rotatable bonds is 6. The van der Waals surface area contributed by atoms with E-state index in [0.717, 1.165) is 49.3 Å². The number of aromatic nitrogens is 1. The van der Waals surface area contributed by atoms with Crippen LogP contribution in [0.5, 0.6) is 0 Å². The highest BCUT2D eigenvalue weighted by Gasteiger charge is 2.23. The molecule has 0 spiro atoms. The van der Waals surface area contributed by atoms with Crippen molar-refractivity contribution in [2.75, 3.05) is 31.1 Å². The summed E-state index contributed by atoms with van der Waals surface area (Å²) >= 11 is 1.65. The Bertz CT molecular complexity index is 798. The smallest absolute Gasteiger partial charge is 0.191 e. The molecule has 3 rings (SSSR count). The summed E-state index contributed by atoms with van der Waals surface area (Å²) in [7, 11) is 0. The summed E-state index contributed by atoms with van der Waals surface area (Å²) < 4.78 is 26.6. The van der Waals surface area contributed by atoms with Crippen LogP contribution >= 0.6 is 35.3 Å². The van der Waals surface area contributed by atoms with Crippen molar-refractivity contribution in [3.05, 3.63) is 45.9 Å². The Labute approximate surface area is 185 Å². The Balaban J connectivity index is 0.00000280. The zero-order valence-electron chi connectivity index (χ0n) is 16.0. The lowest BCUT2D eigenvalue weighted by Gasteiger charge is -2.19. The second kappa shape index (κ2) is 10.9. The van der Waals surface area contributed by atoms with Crippen LogP contribution in [0.4, 0.5) is 14.5 Å². The molecule has 9 heteroatoms. The van der Waals surface area contributed by atoms with Gasteiger partial charge in [0, 0.05) is 49.0 Å². The Morgan fingerprint density at radius 1 is 1.32 bits per heavy atom. The van der Waals surface area contributed by atoms with E-state index in [-0.39, 0.29) is 24.0 Å². The number of aryl methyl sites for hydroxylation is 1.